The average molecular weight is 739 g/mol. The predicted octanol–water partition coefficient (Wildman–Crippen LogP) is 2.61. The molecule has 0 aromatic carbocycles. The third-order valence-electron chi connectivity index (χ3n) is 15.6. The molecule has 4 saturated carbocycles. The van der Waals surface area contributed by atoms with Gasteiger partial charge in [0.05, 0.1) is 25.4 Å². The first-order valence-corrected chi connectivity index (χ1v) is 19.8. The van der Waals surface area contributed by atoms with Crippen LogP contribution in [0.15, 0.2) is 11.6 Å². The maximum Gasteiger partial charge on any atom is 0.187 e. The minimum absolute atomic E-state index is 0.0188. The summed E-state index contributed by atoms with van der Waals surface area (Å²) in [4.78, 5) is 13.6. The Balaban J connectivity index is 1.20. The molecule has 0 spiro atoms. The maximum atomic E-state index is 13.6. The van der Waals surface area contributed by atoms with Crippen molar-refractivity contribution in [3.8, 4) is 0 Å². The van der Waals surface area contributed by atoms with E-state index in [1.165, 1.54) is 11.9 Å². The maximum absolute atomic E-state index is 13.6. The van der Waals surface area contributed by atoms with Crippen LogP contribution >= 0.6 is 0 Å². The number of aliphatic hydroxyl groups excluding tert-OH is 7. The second kappa shape index (κ2) is 15.1. The van der Waals surface area contributed by atoms with Crippen LogP contribution in [0.3, 0.4) is 0 Å². The standard InChI is InChI=1S/C40H66O12/c1-21(2)8-7-9-24(43)22-12-15-38(5)23(22)10-11-28-39(38,6)16-13-27-37(3,4)29(14-17-40(27,28)20-42)51-36-34(30(45)25(44)19-49-36)52-35-33(48)32(47)31(46)26(18-41)50-35/h8,20,22-36,41,43-48H,7,9-19H2,1-6H3/t22-,23+,24-,25-,26+,27-,28-,29-,30-,31+,32-,33+,34+,35-,36-,38+,39+,40+/m0/s1. The number of rotatable bonds is 10. The molecule has 12 heteroatoms. The van der Waals surface area contributed by atoms with Gasteiger partial charge in [-0.05, 0) is 118 Å². The molecule has 2 heterocycles. The van der Waals surface area contributed by atoms with Gasteiger partial charge in [-0.3, -0.25) is 0 Å². The molecule has 0 amide bonds. The Morgan fingerprint density at radius 3 is 2.21 bits per heavy atom. The van der Waals surface area contributed by atoms with Crippen LogP contribution in [-0.4, -0.2) is 123 Å². The average Bonchev–Trinajstić information content (AvgIpc) is 3.46. The number of hydrogen-bond acceptors (Lipinski definition) is 12. The van der Waals surface area contributed by atoms with Crippen molar-refractivity contribution in [2.75, 3.05) is 13.2 Å². The van der Waals surface area contributed by atoms with Crippen molar-refractivity contribution in [1.29, 1.82) is 0 Å². The summed E-state index contributed by atoms with van der Waals surface area (Å²) in [6.07, 6.45) is -1.55. The third-order valence-corrected chi connectivity index (χ3v) is 15.6. The zero-order valence-electron chi connectivity index (χ0n) is 32.0. The van der Waals surface area contributed by atoms with Crippen LogP contribution in [0.25, 0.3) is 0 Å². The van der Waals surface area contributed by atoms with Crippen LogP contribution in [0.4, 0.5) is 0 Å². The summed E-state index contributed by atoms with van der Waals surface area (Å²) in [5.41, 5.74) is 0.218. The van der Waals surface area contributed by atoms with Crippen LogP contribution in [0.2, 0.25) is 0 Å². The fourth-order valence-corrected chi connectivity index (χ4v) is 12.5. The molecule has 12 nitrogen and oxygen atoms in total. The van der Waals surface area contributed by atoms with Crippen molar-refractivity contribution in [3.63, 3.8) is 0 Å². The monoisotopic (exact) mass is 738 g/mol. The van der Waals surface area contributed by atoms with E-state index in [4.69, 9.17) is 18.9 Å². The molecule has 52 heavy (non-hydrogen) atoms. The summed E-state index contributed by atoms with van der Waals surface area (Å²) in [5.74, 6) is 0.922. The van der Waals surface area contributed by atoms with Crippen LogP contribution in [0, 0.1) is 45.3 Å². The SMILES string of the molecule is CC(C)=CCC[C@H](O)[C@H]1CC[C@]2(C)[C@@H]1CC[C@@H]1[C@@]3(C=O)CC[C@H](O[C@@H]4OC[C@H](O)[C@H](O)[C@H]4O[C@@H]4O[C@H](CO)[C@@H](O)[C@H](O)[C@H]4O)C(C)(C)[C@@H]3CC[C@]12C. The Morgan fingerprint density at radius 2 is 1.54 bits per heavy atom. The first kappa shape index (κ1) is 40.6. The Labute approximate surface area is 308 Å². The molecule has 0 radical (unpaired) electrons. The topological polar surface area (TPSA) is 196 Å². The third kappa shape index (κ3) is 6.57. The zero-order valence-corrected chi connectivity index (χ0v) is 32.0. The van der Waals surface area contributed by atoms with E-state index in [-0.39, 0.29) is 41.3 Å². The van der Waals surface area contributed by atoms with Crippen LogP contribution in [-0.2, 0) is 23.7 Å². The lowest BCUT2D eigenvalue weighted by atomic mass is 9.35. The van der Waals surface area contributed by atoms with Gasteiger partial charge in [0.25, 0.3) is 0 Å². The molecule has 298 valence electrons. The highest BCUT2D eigenvalue weighted by atomic mass is 16.8. The highest BCUT2D eigenvalue weighted by Gasteiger charge is 2.70. The van der Waals surface area contributed by atoms with Gasteiger partial charge < -0.3 is 59.5 Å². The zero-order chi connectivity index (χ0) is 38.0. The van der Waals surface area contributed by atoms with Crippen LogP contribution < -0.4 is 0 Å². The lowest BCUT2D eigenvalue weighted by Gasteiger charge is -2.69. The van der Waals surface area contributed by atoms with Crippen molar-refractivity contribution < 1.29 is 59.5 Å². The fourth-order valence-electron chi connectivity index (χ4n) is 12.5. The number of hydrogen-bond donors (Lipinski definition) is 7. The van der Waals surface area contributed by atoms with Gasteiger partial charge in [-0.15, -0.1) is 0 Å². The summed E-state index contributed by atoms with van der Waals surface area (Å²) in [6.45, 7) is 12.5. The number of ether oxygens (including phenoxy) is 4. The molecule has 6 aliphatic rings. The fraction of sp³-hybridized carbons (Fsp3) is 0.925. The van der Waals surface area contributed by atoms with Crippen LogP contribution in [0.5, 0.6) is 0 Å². The van der Waals surface area contributed by atoms with E-state index < -0.39 is 78.8 Å². The summed E-state index contributed by atoms with van der Waals surface area (Å²) in [5, 5.41) is 73.9. The number of carbonyl (C=O) groups excluding carboxylic acids is 1. The van der Waals surface area contributed by atoms with Crippen molar-refractivity contribution in [1.82, 2.24) is 0 Å². The van der Waals surface area contributed by atoms with E-state index in [2.05, 4.69) is 47.6 Å². The Morgan fingerprint density at radius 1 is 0.827 bits per heavy atom. The van der Waals surface area contributed by atoms with Gasteiger partial charge in [-0.1, -0.05) is 39.3 Å². The van der Waals surface area contributed by atoms with Gasteiger partial charge >= 0.3 is 0 Å². The van der Waals surface area contributed by atoms with Gasteiger partial charge in [-0.25, -0.2) is 0 Å². The molecule has 0 bridgehead atoms. The first-order valence-electron chi connectivity index (χ1n) is 19.8. The Kier molecular flexibility index (Phi) is 11.8. The lowest BCUT2D eigenvalue weighted by Crippen LogP contribution is -2.66. The number of aldehydes is 1. The van der Waals surface area contributed by atoms with Gasteiger partial charge in [0.2, 0.25) is 0 Å². The molecular formula is C40H66O12. The Bertz CT molecular complexity index is 1290. The van der Waals surface area contributed by atoms with Crippen molar-refractivity contribution >= 4 is 6.29 Å². The Hall–Kier alpha value is -1.03. The van der Waals surface area contributed by atoms with E-state index in [0.717, 1.165) is 51.4 Å². The van der Waals surface area contributed by atoms with E-state index in [9.17, 15) is 40.5 Å². The second-order valence-electron chi connectivity index (χ2n) is 18.6. The molecule has 6 rings (SSSR count). The van der Waals surface area contributed by atoms with Crippen molar-refractivity contribution in [3.05, 3.63) is 11.6 Å². The van der Waals surface area contributed by atoms with E-state index >= 15 is 0 Å². The van der Waals surface area contributed by atoms with Gasteiger partial charge in [0.15, 0.2) is 12.6 Å². The largest absolute Gasteiger partial charge is 0.394 e. The number of fused-ring (bicyclic) bond motifs is 5. The van der Waals surface area contributed by atoms with E-state index in [0.29, 0.717) is 18.8 Å². The number of carbonyl (C=O) groups is 1. The summed E-state index contributed by atoms with van der Waals surface area (Å²) < 4.78 is 24.1. The van der Waals surface area contributed by atoms with Gasteiger partial charge in [0.1, 0.15) is 49.0 Å². The first-order chi connectivity index (χ1) is 24.5. The minimum Gasteiger partial charge on any atom is -0.394 e. The molecule has 0 unspecified atom stereocenters. The molecule has 0 aromatic heterocycles. The molecule has 0 aromatic rings. The van der Waals surface area contributed by atoms with Gasteiger partial charge in [0, 0.05) is 5.41 Å². The number of allylic oxidation sites excluding steroid dienone is 2. The van der Waals surface area contributed by atoms with Crippen molar-refractivity contribution in [2.45, 2.75) is 173 Å². The lowest BCUT2D eigenvalue weighted by molar-refractivity contribution is -0.367. The molecule has 18 atom stereocenters. The minimum atomic E-state index is -1.71. The normalized spacial score (nSPS) is 50.7. The summed E-state index contributed by atoms with van der Waals surface area (Å²) in [7, 11) is 0. The predicted molar refractivity (Wildman–Crippen MR) is 189 cm³/mol. The number of aliphatic hydroxyl groups is 7. The second-order valence-corrected chi connectivity index (χ2v) is 18.6. The molecule has 6 fully saturated rings. The van der Waals surface area contributed by atoms with E-state index in [1.807, 2.05) is 0 Å². The molecular weight excluding hydrogens is 672 g/mol. The molecule has 2 saturated heterocycles. The highest BCUT2D eigenvalue weighted by Crippen LogP contribution is 2.75. The van der Waals surface area contributed by atoms with Crippen LogP contribution in [0.1, 0.15) is 106 Å². The smallest absolute Gasteiger partial charge is 0.187 e. The summed E-state index contributed by atoms with van der Waals surface area (Å²) in [6, 6.07) is 0. The molecule has 7 N–H and O–H groups in total. The quantitative estimate of drug-likeness (QED) is 0.0986. The van der Waals surface area contributed by atoms with Crippen molar-refractivity contribution in [2.24, 2.45) is 45.3 Å². The molecule has 2 aliphatic heterocycles. The molecule has 4 aliphatic carbocycles. The van der Waals surface area contributed by atoms with Gasteiger partial charge in [-0.2, -0.15) is 0 Å². The van der Waals surface area contributed by atoms with E-state index in [1.54, 1.807) is 0 Å². The highest BCUT2D eigenvalue weighted by molar-refractivity contribution is 5.62. The summed E-state index contributed by atoms with van der Waals surface area (Å²) >= 11 is 0.